The number of hydrogen-bond acceptors (Lipinski definition) is 8. The van der Waals surface area contributed by atoms with E-state index in [1.165, 1.54) is 13.8 Å². The van der Waals surface area contributed by atoms with Crippen molar-refractivity contribution < 1.29 is 36.0 Å². The predicted octanol–water partition coefficient (Wildman–Crippen LogP) is 1.37. The number of nitrogens with zero attached hydrogens (tertiary/aromatic N) is 1. The molecule has 3 amide bonds. The number of carbonyl (C=O) groups excluding carboxylic acids is 3. The molecule has 1 fully saturated rings. The van der Waals surface area contributed by atoms with Crippen LogP contribution in [0.5, 0.6) is 0 Å². The molecule has 1 saturated carbocycles. The smallest absolute Gasteiger partial charge is 0.421 e. The van der Waals surface area contributed by atoms with Crippen LogP contribution in [0.3, 0.4) is 0 Å². The highest BCUT2D eigenvalue weighted by Gasteiger charge is 2.36. The Hall–Kier alpha value is -2.70. The Morgan fingerprint density at radius 1 is 1.06 bits per heavy atom. The normalized spacial score (nSPS) is 19.2. The van der Waals surface area contributed by atoms with Crippen LogP contribution in [0.15, 0.2) is 30.3 Å². The van der Waals surface area contributed by atoms with E-state index in [-0.39, 0.29) is 25.4 Å². The molecule has 11 nitrogen and oxygen atoms in total. The van der Waals surface area contributed by atoms with Crippen molar-refractivity contribution in [3.05, 3.63) is 35.9 Å². The maximum absolute atomic E-state index is 12.4. The van der Waals surface area contributed by atoms with E-state index in [0.29, 0.717) is 17.9 Å². The number of urea groups is 1. The average molecular weight is 472 g/mol. The van der Waals surface area contributed by atoms with E-state index < -0.39 is 46.4 Å². The Labute approximate surface area is 187 Å². The van der Waals surface area contributed by atoms with Crippen molar-refractivity contribution >= 4 is 28.3 Å². The van der Waals surface area contributed by atoms with Crippen LogP contribution >= 0.6 is 0 Å². The van der Waals surface area contributed by atoms with Crippen LogP contribution < -0.4 is 11.5 Å². The molecule has 0 aromatic heterocycles. The van der Waals surface area contributed by atoms with Gasteiger partial charge in [-0.3, -0.25) is 9.59 Å². The first-order valence-corrected chi connectivity index (χ1v) is 11.4. The molecule has 1 aromatic carbocycles. The maximum Gasteiger partial charge on any atom is 0.421 e. The number of rotatable bonds is 10. The molecule has 4 N–H and O–H groups in total. The van der Waals surface area contributed by atoms with Gasteiger partial charge in [0.15, 0.2) is 0 Å². The lowest BCUT2D eigenvalue weighted by Crippen LogP contribution is -2.47. The van der Waals surface area contributed by atoms with Gasteiger partial charge in [0.05, 0.1) is 18.1 Å². The van der Waals surface area contributed by atoms with Crippen molar-refractivity contribution in [3.63, 3.8) is 0 Å². The summed E-state index contributed by atoms with van der Waals surface area (Å²) in [5.41, 5.74) is 10.0. The average Bonchev–Trinajstić information content (AvgIpc) is 2.75. The lowest BCUT2D eigenvalue weighted by atomic mass is 9.85. The van der Waals surface area contributed by atoms with Crippen molar-refractivity contribution in [2.75, 3.05) is 6.61 Å². The van der Waals surface area contributed by atoms with Crippen molar-refractivity contribution in [2.24, 2.45) is 22.8 Å². The van der Waals surface area contributed by atoms with Gasteiger partial charge in [-0.1, -0.05) is 30.3 Å². The SMILES string of the molecule is CC(C)(COS(=O)(=O)ON(C(N)=O)[C@H]1CC[C@H](C(N)=O)CC1)C(=O)OCc1ccccc1. The number of hydrogen-bond donors (Lipinski definition) is 2. The number of esters is 1. The Morgan fingerprint density at radius 3 is 2.19 bits per heavy atom. The summed E-state index contributed by atoms with van der Waals surface area (Å²) in [4.78, 5) is 35.4. The minimum absolute atomic E-state index is 0.0236. The van der Waals surface area contributed by atoms with Gasteiger partial charge in [-0.2, -0.15) is 13.5 Å². The molecule has 1 aliphatic rings. The monoisotopic (exact) mass is 471 g/mol. The molecule has 0 saturated heterocycles. The molecule has 12 heteroatoms. The highest BCUT2D eigenvalue weighted by molar-refractivity contribution is 7.81. The highest BCUT2D eigenvalue weighted by Crippen LogP contribution is 2.28. The molecule has 178 valence electrons. The van der Waals surface area contributed by atoms with E-state index in [4.69, 9.17) is 24.7 Å². The van der Waals surface area contributed by atoms with Gasteiger partial charge >= 0.3 is 22.4 Å². The van der Waals surface area contributed by atoms with Crippen molar-refractivity contribution in [3.8, 4) is 0 Å². The molecule has 0 heterocycles. The van der Waals surface area contributed by atoms with Gasteiger partial charge in [-0.05, 0) is 45.1 Å². The number of primary amides is 2. The third-order valence-electron chi connectivity index (χ3n) is 5.15. The summed E-state index contributed by atoms with van der Waals surface area (Å²) in [6.07, 6.45) is 1.30. The molecule has 0 spiro atoms. The number of ether oxygens (including phenoxy) is 1. The Bertz CT molecular complexity index is 912. The van der Waals surface area contributed by atoms with Crippen molar-refractivity contribution in [1.82, 2.24) is 5.06 Å². The third kappa shape index (κ3) is 7.46. The predicted molar refractivity (Wildman–Crippen MR) is 112 cm³/mol. The number of carbonyl (C=O) groups is 3. The molecule has 1 aromatic rings. The fourth-order valence-electron chi connectivity index (χ4n) is 3.19. The molecule has 0 aliphatic heterocycles. The summed E-state index contributed by atoms with van der Waals surface area (Å²) in [6.45, 7) is 2.35. The van der Waals surface area contributed by atoms with Crippen LogP contribution in [0.2, 0.25) is 0 Å². The quantitative estimate of drug-likeness (QED) is 0.381. The second-order valence-electron chi connectivity index (χ2n) is 8.26. The zero-order chi connectivity index (χ0) is 23.9. The summed E-state index contributed by atoms with van der Waals surface area (Å²) >= 11 is 0. The zero-order valence-corrected chi connectivity index (χ0v) is 18.9. The third-order valence-corrected chi connectivity index (χ3v) is 5.90. The van der Waals surface area contributed by atoms with Crippen molar-refractivity contribution in [1.29, 1.82) is 0 Å². The molecule has 0 radical (unpaired) electrons. The summed E-state index contributed by atoms with van der Waals surface area (Å²) in [5, 5.41) is 0.521. The topological polar surface area (TPSA) is 168 Å². The molecule has 0 bridgehead atoms. The number of benzene rings is 1. The molecule has 2 rings (SSSR count). The Balaban J connectivity index is 1.91. The minimum atomic E-state index is -4.71. The number of hydroxylamine groups is 2. The lowest BCUT2D eigenvalue weighted by Gasteiger charge is -2.33. The fourth-order valence-corrected chi connectivity index (χ4v) is 4.06. The van der Waals surface area contributed by atoms with Gasteiger partial charge in [0.25, 0.3) is 0 Å². The molecule has 32 heavy (non-hydrogen) atoms. The van der Waals surface area contributed by atoms with Crippen LogP contribution in [-0.2, 0) is 39.8 Å². The standard InChI is InChI=1S/C20H29N3O8S/c1-20(2,18(25)29-12-14-6-4-3-5-7-14)13-30-32(27,28)31-23(19(22)26)16-10-8-15(9-11-16)17(21)24/h3-7,15-16H,8-13H2,1-2H3,(H2,21,24)(H2,22,26)/t15-,16-. The zero-order valence-electron chi connectivity index (χ0n) is 18.1. The maximum atomic E-state index is 12.4. The highest BCUT2D eigenvalue weighted by atomic mass is 32.3. The van der Waals surface area contributed by atoms with Gasteiger partial charge in [0.2, 0.25) is 5.91 Å². The van der Waals surface area contributed by atoms with Crippen LogP contribution in [0.25, 0.3) is 0 Å². The Kier molecular flexibility index (Phi) is 8.58. The largest absolute Gasteiger partial charge is 0.460 e. The molecule has 0 unspecified atom stereocenters. The van der Waals surface area contributed by atoms with Gasteiger partial charge in [0, 0.05) is 5.92 Å². The van der Waals surface area contributed by atoms with Crippen LogP contribution in [0.4, 0.5) is 4.79 Å². The van der Waals surface area contributed by atoms with Crippen LogP contribution in [-0.4, -0.2) is 44.0 Å². The van der Waals surface area contributed by atoms with E-state index in [1.807, 2.05) is 6.07 Å². The van der Waals surface area contributed by atoms with Crippen LogP contribution in [0.1, 0.15) is 45.1 Å². The van der Waals surface area contributed by atoms with E-state index in [1.54, 1.807) is 24.3 Å². The summed E-state index contributed by atoms with van der Waals surface area (Å²) in [5.74, 6) is -1.48. The fraction of sp³-hybridized carbons (Fsp3) is 0.550. The van der Waals surface area contributed by atoms with Gasteiger partial charge in [0.1, 0.15) is 6.61 Å². The van der Waals surface area contributed by atoms with Gasteiger partial charge in [-0.25, -0.2) is 8.98 Å². The first-order chi connectivity index (χ1) is 14.9. The van der Waals surface area contributed by atoms with Gasteiger partial charge < -0.3 is 16.2 Å². The minimum Gasteiger partial charge on any atom is -0.460 e. The summed E-state index contributed by atoms with van der Waals surface area (Å²) in [6, 6.07) is 7.20. The van der Waals surface area contributed by atoms with E-state index in [2.05, 4.69) is 0 Å². The van der Waals surface area contributed by atoms with Gasteiger partial charge in [-0.15, -0.1) is 4.28 Å². The van der Waals surface area contributed by atoms with Crippen molar-refractivity contribution in [2.45, 2.75) is 52.2 Å². The number of amides is 3. The van der Waals surface area contributed by atoms with E-state index >= 15 is 0 Å². The molecule has 0 atom stereocenters. The first-order valence-electron chi connectivity index (χ1n) is 10.1. The lowest BCUT2D eigenvalue weighted by molar-refractivity contribution is -0.157. The second-order valence-corrected chi connectivity index (χ2v) is 9.46. The molecular formula is C20H29N3O8S. The van der Waals surface area contributed by atoms with E-state index in [0.717, 1.165) is 5.56 Å². The summed E-state index contributed by atoms with van der Waals surface area (Å²) < 4.78 is 39.4. The Morgan fingerprint density at radius 2 is 1.66 bits per heavy atom. The van der Waals surface area contributed by atoms with E-state index in [9.17, 15) is 22.8 Å². The molecule has 1 aliphatic carbocycles. The number of nitrogens with two attached hydrogens (primary N) is 2. The summed E-state index contributed by atoms with van der Waals surface area (Å²) in [7, 11) is -4.71. The second kappa shape index (κ2) is 10.7. The first kappa shape index (κ1) is 25.6. The van der Waals surface area contributed by atoms with Crippen LogP contribution in [0, 0.1) is 11.3 Å². The molecular weight excluding hydrogens is 442 g/mol.